The van der Waals surface area contributed by atoms with Gasteiger partial charge in [-0.15, -0.1) is 0 Å². The maximum atomic E-state index is 13.5. The van der Waals surface area contributed by atoms with Crippen LogP contribution in [0.4, 0.5) is 5.69 Å². The number of rotatable bonds is 5. The number of carbonyl (C=O) groups excluding carboxylic acids is 3. The second-order valence-electron chi connectivity index (χ2n) is 7.65. The summed E-state index contributed by atoms with van der Waals surface area (Å²) in [6.07, 6.45) is -0.0864. The topological polar surface area (TPSA) is 57.7 Å². The third kappa shape index (κ3) is 4.47. The average molecular weight is 512 g/mol. The SMILES string of the molecule is Cc1ccc(C(=O)N(Cc2ccccc2Cl)C2CC(=O)N(c3ccc(Br)cc3)C2=O)cc1. The molecular formula is C25H20BrClN2O3. The standard InChI is InChI=1S/C25H20BrClN2O3/c1-16-6-8-17(9-7-16)24(31)28(15-18-4-2-3-5-21(18)27)22-14-23(30)29(25(22)32)20-12-10-19(26)11-13-20/h2-13,22H,14-15H2,1H3. The van der Waals surface area contributed by atoms with E-state index in [2.05, 4.69) is 15.9 Å². The number of hydrogen-bond acceptors (Lipinski definition) is 3. The van der Waals surface area contributed by atoms with Crippen LogP contribution < -0.4 is 4.90 Å². The van der Waals surface area contributed by atoms with E-state index in [4.69, 9.17) is 11.6 Å². The van der Waals surface area contributed by atoms with Crippen molar-refractivity contribution in [1.82, 2.24) is 4.90 Å². The number of benzene rings is 3. The summed E-state index contributed by atoms with van der Waals surface area (Å²) in [5.74, 6) is -1.10. The Balaban J connectivity index is 1.70. The van der Waals surface area contributed by atoms with Crippen LogP contribution in [0.15, 0.2) is 77.3 Å². The number of nitrogens with zero attached hydrogens (tertiary/aromatic N) is 2. The Hall–Kier alpha value is -2.96. The summed E-state index contributed by atoms with van der Waals surface area (Å²) in [5, 5.41) is 0.496. The van der Waals surface area contributed by atoms with Crippen LogP contribution in [0.3, 0.4) is 0 Å². The van der Waals surface area contributed by atoms with Crippen molar-refractivity contribution in [3.8, 4) is 0 Å². The van der Waals surface area contributed by atoms with Crippen LogP contribution in [0, 0.1) is 6.92 Å². The van der Waals surface area contributed by atoms with Crippen LogP contribution in [-0.4, -0.2) is 28.7 Å². The van der Waals surface area contributed by atoms with Crippen molar-refractivity contribution in [3.05, 3.63) is 99.0 Å². The van der Waals surface area contributed by atoms with Gasteiger partial charge in [0.2, 0.25) is 5.91 Å². The van der Waals surface area contributed by atoms with Crippen molar-refractivity contribution in [2.45, 2.75) is 25.9 Å². The molecule has 0 bridgehead atoms. The van der Waals surface area contributed by atoms with Gasteiger partial charge in [0.05, 0.1) is 12.1 Å². The summed E-state index contributed by atoms with van der Waals surface area (Å²) < 4.78 is 0.840. The molecule has 1 heterocycles. The van der Waals surface area contributed by atoms with E-state index in [1.54, 1.807) is 48.5 Å². The van der Waals surface area contributed by atoms with Gasteiger partial charge in [0, 0.05) is 21.6 Å². The van der Waals surface area contributed by atoms with Crippen molar-refractivity contribution in [2.24, 2.45) is 0 Å². The van der Waals surface area contributed by atoms with Crippen molar-refractivity contribution in [2.75, 3.05) is 4.90 Å². The van der Waals surface area contributed by atoms with Gasteiger partial charge in [-0.3, -0.25) is 14.4 Å². The number of aryl methyl sites for hydroxylation is 1. The Labute approximate surface area is 199 Å². The van der Waals surface area contributed by atoms with Crippen molar-refractivity contribution in [3.63, 3.8) is 0 Å². The first-order chi connectivity index (χ1) is 15.3. The summed E-state index contributed by atoms with van der Waals surface area (Å²) in [4.78, 5) is 42.3. The van der Waals surface area contributed by atoms with Gasteiger partial charge in [0.15, 0.2) is 0 Å². The highest BCUT2D eigenvalue weighted by molar-refractivity contribution is 9.10. The van der Waals surface area contributed by atoms with Crippen LogP contribution in [0.1, 0.15) is 27.9 Å². The molecule has 3 aromatic rings. The molecule has 0 N–H and O–H groups in total. The molecule has 0 radical (unpaired) electrons. The smallest absolute Gasteiger partial charge is 0.257 e. The molecular weight excluding hydrogens is 492 g/mol. The van der Waals surface area contributed by atoms with E-state index in [1.807, 2.05) is 31.2 Å². The molecule has 3 amide bonds. The van der Waals surface area contributed by atoms with Gasteiger partial charge < -0.3 is 4.90 Å². The summed E-state index contributed by atoms with van der Waals surface area (Å²) in [6, 6.07) is 20.3. The first-order valence-electron chi connectivity index (χ1n) is 10.1. The van der Waals surface area contributed by atoms with Crippen LogP contribution in [0.25, 0.3) is 0 Å². The first-order valence-corrected chi connectivity index (χ1v) is 11.3. The highest BCUT2D eigenvalue weighted by Crippen LogP contribution is 2.29. The number of carbonyl (C=O) groups is 3. The monoisotopic (exact) mass is 510 g/mol. The largest absolute Gasteiger partial charge is 0.322 e. The zero-order valence-electron chi connectivity index (χ0n) is 17.3. The highest BCUT2D eigenvalue weighted by Gasteiger charge is 2.44. The molecule has 1 aliphatic heterocycles. The molecule has 5 nitrogen and oxygen atoms in total. The van der Waals surface area contributed by atoms with Crippen LogP contribution in [-0.2, 0) is 16.1 Å². The first kappa shape index (κ1) is 22.2. The Morgan fingerprint density at radius 1 is 1.03 bits per heavy atom. The molecule has 1 unspecified atom stereocenters. The lowest BCUT2D eigenvalue weighted by Gasteiger charge is -2.28. The summed E-state index contributed by atoms with van der Waals surface area (Å²) in [5.41, 5.74) is 2.65. The van der Waals surface area contributed by atoms with E-state index in [0.717, 1.165) is 14.9 Å². The van der Waals surface area contributed by atoms with Crippen molar-refractivity contribution >= 4 is 50.9 Å². The predicted octanol–water partition coefficient (Wildman–Crippen LogP) is 5.39. The van der Waals surface area contributed by atoms with Crippen LogP contribution in [0.2, 0.25) is 5.02 Å². The van der Waals surface area contributed by atoms with Gasteiger partial charge in [-0.05, 0) is 55.0 Å². The van der Waals surface area contributed by atoms with E-state index in [9.17, 15) is 14.4 Å². The molecule has 7 heteroatoms. The van der Waals surface area contributed by atoms with Gasteiger partial charge in [-0.25, -0.2) is 4.90 Å². The summed E-state index contributed by atoms with van der Waals surface area (Å²) in [7, 11) is 0. The van der Waals surface area contributed by atoms with Crippen molar-refractivity contribution in [1.29, 1.82) is 0 Å². The van der Waals surface area contributed by atoms with E-state index >= 15 is 0 Å². The Kier molecular flexibility index (Phi) is 6.44. The van der Waals surface area contributed by atoms with E-state index in [1.165, 1.54) is 4.90 Å². The lowest BCUT2D eigenvalue weighted by atomic mass is 10.1. The maximum Gasteiger partial charge on any atom is 0.257 e. The molecule has 1 aliphatic rings. The normalized spacial score (nSPS) is 15.8. The minimum Gasteiger partial charge on any atom is -0.322 e. The molecule has 1 saturated heterocycles. The number of anilines is 1. The lowest BCUT2D eigenvalue weighted by Crippen LogP contribution is -2.45. The molecule has 1 fully saturated rings. The van der Waals surface area contributed by atoms with Crippen LogP contribution >= 0.6 is 27.5 Å². The number of halogens is 2. The Bertz CT molecular complexity index is 1180. The Morgan fingerprint density at radius 2 is 1.69 bits per heavy atom. The van der Waals surface area contributed by atoms with E-state index in [-0.39, 0.29) is 24.8 Å². The zero-order valence-corrected chi connectivity index (χ0v) is 19.6. The predicted molar refractivity (Wildman–Crippen MR) is 128 cm³/mol. The average Bonchev–Trinajstić information content (AvgIpc) is 3.07. The molecule has 0 aromatic heterocycles. The fourth-order valence-electron chi connectivity index (χ4n) is 3.72. The highest BCUT2D eigenvalue weighted by atomic mass is 79.9. The van der Waals surface area contributed by atoms with Gasteiger partial charge in [0.1, 0.15) is 6.04 Å². The zero-order chi connectivity index (χ0) is 22.8. The molecule has 4 rings (SSSR count). The van der Waals surface area contributed by atoms with Gasteiger partial charge in [-0.2, -0.15) is 0 Å². The minimum absolute atomic E-state index is 0.0864. The quantitative estimate of drug-likeness (QED) is 0.432. The number of imide groups is 1. The molecule has 0 saturated carbocycles. The Morgan fingerprint density at radius 3 is 2.34 bits per heavy atom. The second-order valence-corrected chi connectivity index (χ2v) is 8.98. The number of amides is 3. The van der Waals surface area contributed by atoms with E-state index < -0.39 is 11.9 Å². The fourth-order valence-corrected chi connectivity index (χ4v) is 4.18. The molecule has 3 aromatic carbocycles. The minimum atomic E-state index is -0.920. The molecule has 32 heavy (non-hydrogen) atoms. The molecule has 0 aliphatic carbocycles. The third-order valence-corrected chi connectivity index (χ3v) is 6.34. The maximum absolute atomic E-state index is 13.5. The fraction of sp³-hybridized carbons (Fsp3) is 0.160. The third-order valence-electron chi connectivity index (χ3n) is 5.44. The molecule has 0 spiro atoms. The van der Waals surface area contributed by atoms with E-state index in [0.29, 0.717) is 21.8 Å². The molecule has 1 atom stereocenters. The molecule has 162 valence electrons. The van der Waals surface area contributed by atoms with Crippen molar-refractivity contribution < 1.29 is 14.4 Å². The number of hydrogen-bond donors (Lipinski definition) is 0. The van der Waals surface area contributed by atoms with Crippen LogP contribution in [0.5, 0.6) is 0 Å². The van der Waals surface area contributed by atoms with Gasteiger partial charge >= 0.3 is 0 Å². The summed E-state index contributed by atoms with van der Waals surface area (Å²) in [6.45, 7) is 2.05. The van der Waals surface area contributed by atoms with Gasteiger partial charge in [-0.1, -0.05) is 63.4 Å². The second kappa shape index (κ2) is 9.27. The summed E-state index contributed by atoms with van der Waals surface area (Å²) >= 11 is 9.71. The van der Waals surface area contributed by atoms with Gasteiger partial charge in [0.25, 0.3) is 11.8 Å². The lowest BCUT2D eigenvalue weighted by molar-refractivity contribution is -0.122.